The van der Waals surface area contributed by atoms with Crippen molar-refractivity contribution in [2.75, 3.05) is 18.1 Å². The van der Waals surface area contributed by atoms with Gasteiger partial charge in [0.05, 0.1) is 18.6 Å². The Kier molecular flexibility index (Phi) is 6.91. The molecule has 0 heterocycles. The molecule has 0 atom stereocenters. The molecule has 0 fully saturated rings. The van der Waals surface area contributed by atoms with Gasteiger partial charge in [-0.3, -0.25) is 4.79 Å². The first kappa shape index (κ1) is 16.9. The molecule has 2 nitrogen and oxygen atoms in total. The number of halogens is 3. The number of rotatable bonds is 7. The second kappa shape index (κ2) is 8.19. The van der Waals surface area contributed by atoms with E-state index in [1.54, 1.807) is 17.8 Å². The van der Waals surface area contributed by atoms with Crippen LogP contribution in [0.4, 0.5) is 13.2 Å². The van der Waals surface area contributed by atoms with E-state index < -0.39 is 11.7 Å². The van der Waals surface area contributed by atoms with Crippen LogP contribution in [0.5, 0.6) is 0 Å². The van der Waals surface area contributed by atoms with E-state index in [0.717, 1.165) is 17.9 Å². The molecule has 1 rings (SSSR count). The SMILES string of the molecule is CCSCCC(=O)OCCc1cccc(C(F)(F)F)c1. The van der Waals surface area contributed by atoms with Crippen molar-refractivity contribution in [1.82, 2.24) is 0 Å². The fourth-order valence-electron chi connectivity index (χ4n) is 1.56. The third-order valence-electron chi connectivity index (χ3n) is 2.56. The van der Waals surface area contributed by atoms with Crippen LogP contribution in [0.3, 0.4) is 0 Å². The number of hydrogen-bond donors (Lipinski definition) is 0. The molecule has 0 aliphatic heterocycles. The molecule has 1 aromatic carbocycles. The minimum atomic E-state index is -4.34. The van der Waals surface area contributed by atoms with Crippen LogP contribution in [-0.2, 0) is 22.1 Å². The molecule has 112 valence electrons. The molecule has 0 aromatic heterocycles. The van der Waals surface area contributed by atoms with Crippen LogP contribution in [0.25, 0.3) is 0 Å². The Morgan fingerprint density at radius 3 is 2.75 bits per heavy atom. The molecule has 6 heteroatoms. The summed E-state index contributed by atoms with van der Waals surface area (Å²) in [4.78, 5) is 11.3. The monoisotopic (exact) mass is 306 g/mol. The van der Waals surface area contributed by atoms with Crippen molar-refractivity contribution in [3.63, 3.8) is 0 Å². The van der Waals surface area contributed by atoms with Gasteiger partial charge in [-0.25, -0.2) is 0 Å². The van der Waals surface area contributed by atoms with Gasteiger partial charge in [0.15, 0.2) is 0 Å². The number of carbonyl (C=O) groups is 1. The Labute approximate surface area is 120 Å². The van der Waals surface area contributed by atoms with Gasteiger partial charge in [0.1, 0.15) is 0 Å². The van der Waals surface area contributed by atoms with Crippen molar-refractivity contribution >= 4 is 17.7 Å². The first-order chi connectivity index (χ1) is 9.43. The highest BCUT2D eigenvalue weighted by molar-refractivity contribution is 7.99. The minimum Gasteiger partial charge on any atom is -0.465 e. The van der Waals surface area contributed by atoms with Crippen LogP contribution >= 0.6 is 11.8 Å². The lowest BCUT2D eigenvalue weighted by atomic mass is 10.1. The minimum absolute atomic E-state index is 0.108. The molecule has 20 heavy (non-hydrogen) atoms. The van der Waals surface area contributed by atoms with Gasteiger partial charge >= 0.3 is 12.1 Å². The second-order valence-electron chi connectivity index (χ2n) is 4.12. The molecular weight excluding hydrogens is 289 g/mol. The van der Waals surface area contributed by atoms with E-state index >= 15 is 0 Å². The van der Waals surface area contributed by atoms with Gasteiger partial charge in [-0.05, 0) is 17.4 Å². The molecule has 1 aromatic rings. The largest absolute Gasteiger partial charge is 0.465 e. The molecule has 0 saturated carbocycles. The molecule has 0 radical (unpaired) electrons. The lowest BCUT2D eigenvalue weighted by Gasteiger charge is -2.09. The van der Waals surface area contributed by atoms with Gasteiger partial charge in [-0.2, -0.15) is 24.9 Å². The van der Waals surface area contributed by atoms with Crippen LogP contribution < -0.4 is 0 Å². The van der Waals surface area contributed by atoms with Gasteiger partial charge in [0, 0.05) is 12.2 Å². The summed E-state index contributed by atoms with van der Waals surface area (Å²) in [6.07, 6.45) is -3.72. The Hall–Kier alpha value is -1.17. The summed E-state index contributed by atoms with van der Waals surface area (Å²) >= 11 is 1.65. The van der Waals surface area contributed by atoms with Crippen LogP contribution in [0, 0.1) is 0 Å². The zero-order valence-electron chi connectivity index (χ0n) is 11.2. The van der Waals surface area contributed by atoms with Crippen molar-refractivity contribution in [2.45, 2.75) is 25.9 Å². The van der Waals surface area contributed by atoms with E-state index in [9.17, 15) is 18.0 Å². The first-order valence-electron chi connectivity index (χ1n) is 6.33. The van der Waals surface area contributed by atoms with Crippen LogP contribution in [0.15, 0.2) is 24.3 Å². The van der Waals surface area contributed by atoms with Crippen LogP contribution in [-0.4, -0.2) is 24.1 Å². The standard InChI is InChI=1S/C14H17F3O2S/c1-2-20-9-7-13(18)19-8-6-11-4-3-5-12(10-11)14(15,16)17/h3-5,10H,2,6-9H2,1H3. The van der Waals surface area contributed by atoms with E-state index in [1.165, 1.54) is 6.07 Å². The topological polar surface area (TPSA) is 26.3 Å². The summed E-state index contributed by atoms with van der Waals surface area (Å²) in [5, 5.41) is 0. The molecule has 0 saturated heterocycles. The molecule has 0 bridgehead atoms. The van der Waals surface area contributed by atoms with Crippen molar-refractivity contribution in [2.24, 2.45) is 0 Å². The van der Waals surface area contributed by atoms with E-state index in [4.69, 9.17) is 4.74 Å². The zero-order valence-corrected chi connectivity index (χ0v) is 12.0. The van der Waals surface area contributed by atoms with Crippen LogP contribution in [0.2, 0.25) is 0 Å². The third-order valence-corrected chi connectivity index (χ3v) is 3.46. The maximum atomic E-state index is 12.5. The highest BCUT2D eigenvalue weighted by atomic mass is 32.2. The summed E-state index contributed by atoms with van der Waals surface area (Å²) in [5.41, 5.74) is -0.170. The van der Waals surface area contributed by atoms with Gasteiger partial charge in [-0.1, -0.05) is 25.1 Å². The number of benzene rings is 1. The predicted octanol–water partition coefficient (Wildman–Crippen LogP) is 3.93. The molecule has 0 unspecified atom stereocenters. The van der Waals surface area contributed by atoms with Gasteiger partial charge in [-0.15, -0.1) is 0 Å². The van der Waals surface area contributed by atoms with Crippen LogP contribution in [0.1, 0.15) is 24.5 Å². The molecule has 0 N–H and O–H groups in total. The normalized spacial score (nSPS) is 11.4. The Balaban J connectivity index is 2.37. The lowest BCUT2D eigenvalue weighted by molar-refractivity contribution is -0.143. The quantitative estimate of drug-likeness (QED) is 0.564. The second-order valence-corrected chi connectivity index (χ2v) is 5.51. The van der Waals surface area contributed by atoms with Crippen molar-refractivity contribution in [1.29, 1.82) is 0 Å². The van der Waals surface area contributed by atoms with E-state index in [1.807, 2.05) is 6.92 Å². The third kappa shape index (κ3) is 6.32. The first-order valence-corrected chi connectivity index (χ1v) is 7.48. The van der Waals surface area contributed by atoms with Gasteiger partial charge in [0.25, 0.3) is 0 Å². The summed E-state index contributed by atoms with van der Waals surface area (Å²) in [5.74, 6) is 1.34. The Morgan fingerprint density at radius 1 is 1.35 bits per heavy atom. The molecule has 0 spiro atoms. The smallest absolute Gasteiger partial charge is 0.416 e. The maximum Gasteiger partial charge on any atom is 0.416 e. The Morgan fingerprint density at radius 2 is 2.10 bits per heavy atom. The fourth-order valence-corrected chi connectivity index (χ4v) is 2.16. The molecule has 0 amide bonds. The van der Waals surface area contributed by atoms with Crippen molar-refractivity contribution in [3.8, 4) is 0 Å². The summed E-state index contributed by atoms with van der Waals surface area (Å²) < 4.78 is 42.5. The summed E-state index contributed by atoms with van der Waals surface area (Å²) in [6, 6.07) is 5.06. The molecular formula is C14H17F3O2S. The highest BCUT2D eigenvalue weighted by Gasteiger charge is 2.30. The number of alkyl halides is 3. The number of hydrogen-bond acceptors (Lipinski definition) is 3. The van der Waals surface area contributed by atoms with Gasteiger partial charge < -0.3 is 4.74 Å². The zero-order chi connectivity index (χ0) is 15.0. The van der Waals surface area contributed by atoms with Gasteiger partial charge in [0.2, 0.25) is 0 Å². The number of esters is 1. The van der Waals surface area contributed by atoms with Crippen molar-refractivity contribution in [3.05, 3.63) is 35.4 Å². The van der Waals surface area contributed by atoms with E-state index in [0.29, 0.717) is 17.7 Å². The van der Waals surface area contributed by atoms with E-state index in [-0.39, 0.29) is 19.0 Å². The Bertz CT molecular complexity index is 433. The lowest BCUT2D eigenvalue weighted by Crippen LogP contribution is -2.09. The molecule has 0 aliphatic rings. The van der Waals surface area contributed by atoms with Crippen molar-refractivity contribution < 1.29 is 22.7 Å². The number of thioether (sulfide) groups is 1. The summed E-state index contributed by atoms with van der Waals surface area (Å²) in [7, 11) is 0. The average molecular weight is 306 g/mol. The van der Waals surface area contributed by atoms with E-state index in [2.05, 4.69) is 0 Å². The highest BCUT2D eigenvalue weighted by Crippen LogP contribution is 2.29. The maximum absolute atomic E-state index is 12.5. The summed E-state index contributed by atoms with van der Waals surface area (Å²) in [6.45, 7) is 2.11. The average Bonchev–Trinajstić information content (AvgIpc) is 2.38. The number of ether oxygens (including phenoxy) is 1. The predicted molar refractivity (Wildman–Crippen MR) is 73.7 cm³/mol. The molecule has 0 aliphatic carbocycles. The number of carbonyl (C=O) groups excluding carboxylic acids is 1. The fraction of sp³-hybridized carbons (Fsp3) is 0.500.